The van der Waals surface area contributed by atoms with Crippen LogP contribution >= 0.6 is 11.3 Å². The Balaban J connectivity index is 1.69. The lowest BCUT2D eigenvalue weighted by molar-refractivity contribution is -0.122. The Bertz CT molecular complexity index is 935. The molecule has 5 nitrogen and oxygen atoms in total. The summed E-state index contributed by atoms with van der Waals surface area (Å²) in [6, 6.07) is 14.0. The van der Waals surface area contributed by atoms with Crippen molar-refractivity contribution < 1.29 is 9.53 Å². The fourth-order valence-electron chi connectivity index (χ4n) is 2.68. The summed E-state index contributed by atoms with van der Waals surface area (Å²) < 4.78 is 5.93. The van der Waals surface area contributed by atoms with Gasteiger partial charge in [-0.05, 0) is 38.8 Å². The number of anilines is 1. The molecule has 6 heteroatoms. The van der Waals surface area contributed by atoms with Crippen LogP contribution in [0.15, 0.2) is 42.5 Å². The number of benzene rings is 2. The van der Waals surface area contributed by atoms with Gasteiger partial charge in [0.05, 0.1) is 0 Å². The molecular weight excluding hydrogens is 358 g/mol. The minimum atomic E-state index is -0.585. The largest absolute Gasteiger partial charge is 0.480 e. The highest BCUT2D eigenvalue weighted by Gasteiger charge is 2.21. The first kappa shape index (κ1) is 19.0. The standard InChI is InChI=1S/C21H23N3O2S/c1-5-17(26-18-11-8-14(3)12-15(18)4)19(25)22-21-24-23-20(27-21)16-9-6-13(2)7-10-16/h6-12,17H,5H2,1-4H3,(H,22,24,25)/t17-/m0/s1. The Morgan fingerprint density at radius 3 is 2.44 bits per heavy atom. The molecule has 0 aliphatic heterocycles. The van der Waals surface area contributed by atoms with Crippen LogP contribution in [-0.4, -0.2) is 22.2 Å². The van der Waals surface area contributed by atoms with E-state index in [-0.39, 0.29) is 5.91 Å². The van der Waals surface area contributed by atoms with E-state index in [1.165, 1.54) is 16.9 Å². The van der Waals surface area contributed by atoms with E-state index in [1.807, 2.05) is 70.2 Å². The lowest BCUT2D eigenvalue weighted by atomic mass is 10.1. The van der Waals surface area contributed by atoms with Crippen molar-refractivity contribution in [2.45, 2.75) is 40.2 Å². The fraction of sp³-hybridized carbons (Fsp3) is 0.286. The number of aryl methyl sites for hydroxylation is 3. The maximum Gasteiger partial charge on any atom is 0.267 e. The van der Waals surface area contributed by atoms with Crippen LogP contribution in [0.2, 0.25) is 0 Å². The van der Waals surface area contributed by atoms with Crippen LogP contribution in [0.1, 0.15) is 30.0 Å². The number of carbonyl (C=O) groups is 1. The topological polar surface area (TPSA) is 64.1 Å². The second-order valence-corrected chi connectivity index (χ2v) is 7.53. The highest BCUT2D eigenvalue weighted by Crippen LogP contribution is 2.27. The molecule has 0 spiro atoms. The quantitative estimate of drug-likeness (QED) is 0.658. The number of ether oxygens (including phenoxy) is 1. The van der Waals surface area contributed by atoms with Gasteiger partial charge in [0.15, 0.2) is 6.10 Å². The first-order chi connectivity index (χ1) is 13.0. The van der Waals surface area contributed by atoms with Crippen molar-refractivity contribution in [3.63, 3.8) is 0 Å². The number of nitrogens with zero attached hydrogens (tertiary/aromatic N) is 2. The zero-order chi connectivity index (χ0) is 19.4. The first-order valence-electron chi connectivity index (χ1n) is 8.91. The lowest BCUT2D eigenvalue weighted by Crippen LogP contribution is -2.32. The summed E-state index contributed by atoms with van der Waals surface area (Å²) >= 11 is 1.35. The van der Waals surface area contributed by atoms with E-state index in [9.17, 15) is 4.79 Å². The van der Waals surface area contributed by atoms with E-state index in [0.717, 1.165) is 27.4 Å². The molecule has 3 rings (SSSR count). The van der Waals surface area contributed by atoms with Crippen molar-refractivity contribution in [3.05, 3.63) is 59.2 Å². The molecular formula is C21H23N3O2S. The van der Waals surface area contributed by atoms with E-state index in [4.69, 9.17) is 4.74 Å². The highest BCUT2D eigenvalue weighted by atomic mass is 32.1. The summed E-state index contributed by atoms with van der Waals surface area (Å²) in [5.74, 6) is 0.504. The summed E-state index contributed by atoms with van der Waals surface area (Å²) in [5, 5.41) is 12.3. The normalized spacial score (nSPS) is 11.9. The van der Waals surface area contributed by atoms with Crippen LogP contribution in [-0.2, 0) is 4.79 Å². The summed E-state index contributed by atoms with van der Waals surface area (Å²) in [5.41, 5.74) is 4.34. The van der Waals surface area contributed by atoms with Gasteiger partial charge in [0.25, 0.3) is 5.91 Å². The average Bonchev–Trinajstić information content (AvgIpc) is 3.10. The van der Waals surface area contributed by atoms with Crippen molar-refractivity contribution >= 4 is 22.4 Å². The molecule has 1 N–H and O–H groups in total. The molecule has 1 amide bonds. The van der Waals surface area contributed by atoms with Crippen molar-refractivity contribution in [3.8, 4) is 16.3 Å². The molecule has 0 radical (unpaired) electrons. The van der Waals surface area contributed by atoms with Gasteiger partial charge in [-0.25, -0.2) is 0 Å². The van der Waals surface area contributed by atoms with Gasteiger partial charge in [-0.3, -0.25) is 10.1 Å². The minimum absolute atomic E-state index is 0.218. The van der Waals surface area contributed by atoms with E-state index in [1.54, 1.807) is 0 Å². The van der Waals surface area contributed by atoms with Crippen LogP contribution in [0.3, 0.4) is 0 Å². The van der Waals surface area contributed by atoms with Crippen LogP contribution in [0.4, 0.5) is 5.13 Å². The summed E-state index contributed by atoms with van der Waals surface area (Å²) in [7, 11) is 0. The smallest absolute Gasteiger partial charge is 0.267 e. The Morgan fingerprint density at radius 2 is 1.78 bits per heavy atom. The first-order valence-corrected chi connectivity index (χ1v) is 9.73. The van der Waals surface area contributed by atoms with Gasteiger partial charge in [-0.15, -0.1) is 10.2 Å². The Labute approximate surface area is 163 Å². The van der Waals surface area contributed by atoms with Gasteiger partial charge in [-0.1, -0.05) is 65.8 Å². The maximum atomic E-state index is 12.6. The zero-order valence-corrected chi connectivity index (χ0v) is 16.8. The van der Waals surface area contributed by atoms with E-state index in [2.05, 4.69) is 15.5 Å². The lowest BCUT2D eigenvalue weighted by Gasteiger charge is -2.18. The molecule has 27 heavy (non-hydrogen) atoms. The third-order valence-electron chi connectivity index (χ3n) is 4.22. The Morgan fingerprint density at radius 1 is 1.07 bits per heavy atom. The summed E-state index contributed by atoms with van der Waals surface area (Å²) in [6.07, 6.45) is -0.0268. The monoisotopic (exact) mass is 381 g/mol. The minimum Gasteiger partial charge on any atom is -0.480 e. The van der Waals surface area contributed by atoms with Crippen LogP contribution < -0.4 is 10.1 Å². The number of hydrogen-bond acceptors (Lipinski definition) is 5. The molecule has 0 aliphatic carbocycles. The molecule has 2 aromatic carbocycles. The highest BCUT2D eigenvalue weighted by molar-refractivity contribution is 7.18. The molecule has 1 aromatic heterocycles. The average molecular weight is 382 g/mol. The SMILES string of the molecule is CC[C@H](Oc1ccc(C)cc1C)C(=O)Nc1nnc(-c2ccc(C)cc2)s1. The van der Waals surface area contributed by atoms with Crippen molar-refractivity contribution in [2.24, 2.45) is 0 Å². The molecule has 1 heterocycles. The number of carbonyl (C=O) groups excluding carboxylic acids is 1. The molecule has 0 saturated carbocycles. The van der Waals surface area contributed by atoms with E-state index < -0.39 is 6.10 Å². The van der Waals surface area contributed by atoms with Crippen LogP contribution in [0.5, 0.6) is 5.75 Å². The van der Waals surface area contributed by atoms with Crippen LogP contribution in [0, 0.1) is 20.8 Å². The number of aromatic nitrogens is 2. The predicted molar refractivity (Wildman–Crippen MR) is 109 cm³/mol. The van der Waals surface area contributed by atoms with Gasteiger partial charge in [0, 0.05) is 5.56 Å². The molecule has 0 unspecified atom stereocenters. The van der Waals surface area contributed by atoms with Crippen molar-refractivity contribution in [2.75, 3.05) is 5.32 Å². The maximum absolute atomic E-state index is 12.6. The summed E-state index contributed by atoms with van der Waals surface area (Å²) in [6.45, 7) is 7.97. The molecule has 0 aliphatic rings. The van der Waals surface area contributed by atoms with Crippen molar-refractivity contribution in [1.82, 2.24) is 10.2 Å². The Kier molecular flexibility index (Phi) is 5.86. The number of amides is 1. The van der Waals surface area contributed by atoms with Crippen LogP contribution in [0.25, 0.3) is 10.6 Å². The summed E-state index contributed by atoms with van der Waals surface area (Å²) in [4.78, 5) is 12.6. The van der Waals surface area contributed by atoms with Gasteiger partial charge in [0.2, 0.25) is 5.13 Å². The van der Waals surface area contributed by atoms with Crippen molar-refractivity contribution in [1.29, 1.82) is 0 Å². The second kappa shape index (κ2) is 8.31. The third-order valence-corrected chi connectivity index (χ3v) is 5.10. The molecule has 3 aromatic rings. The number of nitrogens with one attached hydrogen (secondary N) is 1. The van der Waals surface area contributed by atoms with Gasteiger partial charge in [0.1, 0.15) is 10.8 Å². The van der Waals surface area contributed by atoms with Gasteiger partial charge < -0.3 is 4.74 Å². The molecule has 140 valence electrons. The molecule has 0 bridgehead atoms. The third kappa shape index (κ3) is 4.71. The number of hydrogen-bond donors (Lipinski definition) is 1. The zero-order valence-electron chi connectivity index (χ0n) is 15.9. The second-order valence-electron chi connectivity index (χ2n) is 6.55. The van der Waals surface area contributed by atoms with E-state index >= 15 is 0 Å². The van der Waals surface area contributed by atoms with Gasteiger partial charge in [-0.2, -0.15) is 0 Å². The number of rotatable bonds is 6. The predicted octanol–water partition coefficient (Wildman–Crippen LogP) is 4.93. The Hall–Kier alpha value is -2.73. The molecule has 0 fully saturated rings. The molecule has 0 saturated heterocycles. The molecule has 1 atom stereocenters. The fourth-order valence-corrected chi connectivity index (χ4v) is 3.43. The van der Waals surface area contributed by atoms with Gasteiger partial charge >= 0.3 is 0 Å². The van der Waals surface area contributed by atoms with E-state index in [0.29, 0.717) is 11.6 Å².